The maximum Gasteiger partial charge on any atom is 0.573 e. The van der Waals surface area contributed by atoms with E-state index < -0.39 is 40.4 Å². The lowest BCUT2D eigenvalue weighted by atomic mass is 10.2. The Morgan fingerprint density at radius 1 is 1.44 bits per heavy atom. The summed E-state index contributed by atoms with van der Waals surface area (Å²) in [5.41, 5.74) is -3.05. The van der Waals surface area contributed by atoms with Gasteiger partial charge in [0.05, 0.1) is 16.7 Å². The highest BCUT2D eigenvalue weighted by atomic mass is 19.4. The van der Waals surface area contributed by atoms with Crippen molar-refractivity contribution >= 4 is 5.69 Å². The van der Waals surface area contributed by atoms with Crippen LogP contribution in [-0.4, -0.2) is 16.3 Å². The molecule has 0 spiro atoms. The van der Waals surface area contributed by atoms with Crippen LogP contribution < -0.4 is 4.74 Å². The van der Waals surface area contributed by atoms with Crippen LogP contribution in [0, 0.1) is 17.0 Å². The monoisotopic (exact) mass is 272 g/mol. The molecule has 1 rings (SSSR count). The molecule has 100 valence electrons. The number of ether oxygens (including phenoxy) is 1. The van der Waals surface area contributed by atoms with Crippen molar-refractivity contribution in [2.24, 2.45) is 0 Å². The molecular formula is C8H5F5N2O3. The number of halogens is 5. The molecule has 1 heterocycles. The molecule has 0 bridgehead atoms. The van der Waals surface area contributed by atoms with Gasteiger partial charge >= 0.3 is 12.0 Å². The average Bonchev–Trinajstić information content (AvgIpc) is 2.17. The molecule has 0 aliphatic rings. The van der Waals surface area contributed by atoms with Crippen molar-refractivity contribution in [1.29, 1.82) is 0 Å². The summed E-state index contributed by atoms with van der Waals surface area (Å²) >= 11 is 0. The average molecular weight is 272 g/mol. The van der Waals surface area contributed by atoms with Gasteiger partial charge in [-0.1, -0.05) is 0 Å². The van der Waals surface area contributed by atoms with Crippen molar-refractivity contribution in [3.63, 3.8) is 0 Å². The molecule has 10 heteroatoms. The maximum absolute atomic E-state index is 12.4. The number of hydrogen-bond acceptors (Lipinski definition) is 4. The second-order valence-corrected chi connectivity index (χ2v) is 3.09. The standard InChI is InChI=1S/C8H5F5N2O3/c1-3-4(18-8(11,12)13)2-14-5(7(9)10)6(3)15(16)17/h2,7H,1H3. The van der Waals surface area contributed by atoms with Crippen molar-refractivity contribution < 1.29 is 31.6 Å². The van der Waals surface area contributed by atoms with Crippen molar-refractivity contribution in [2.45, 2.75) is 19.7 Å². The summed E-state index contributed by atoms with van der Waals surface area (Å²) in [6.07, 6.45) is -7.99. The Morgan fingerprint density at radius 2 is 2.00 bits per heavy atom. The number of nitro groups is 1. The van der Waals surface area contributed by atoms with Gasteiger partial charge < -0.3 is 4.74 Å². The second kappa shape index (κ2) is 4.70. The van der Waals surface area contributed by atoms with E-state index in [0.29, 0.717) is 6.20 Å². The predicted molar refractivity (Wildman–Crippen MR) is 47.3 cm³/mol. The minimum absolute atomic E-state index is 0.372. The summed E-state index contributed by atoms with van der Waals surface area (Å²) in [5, 5.41) is 10.6. The molecule has 0 atom stereocenters. The number of pyridine rings is 1. The second-order valence-electron chi connectivity index (χ2n) is 3.09. The largest absolute Gasteiger partial charge is 0.573 e. The number of hydrogen-bond donors (Lipinski definition) is 0. The molecule has 0 aliphatic carbocycles. The fourth-order valence-electron chi connectivity index (χ4n) is 1.21. The molecule has 0 N–H and O–H groups in total. The van der Waals surface area contributed by atoms with Crippen molar-refractivity contribution in [3.8, 4) is 5.75 Å². The Labute approximate surface area is 96.3 Å². The van der Waals surface area contributed by atoms with Crippen molar-refractivity contribution in [1.82, 2.24) is 4.98 Å². The molecule has 18 heavy (non-hydrogen) atoms. The van der Waals surface area contributed by atoms with E-state index in [4.69, 9.17) is 0 Å². The SMILES string of the molecule is Cc1c(OC(F)(F)F)cnc(C(F)F)c1[N+](=O)[O-]. The van der Waals surface area contributed by atoms with Gasteiger partial charge in [-0.3, -0.25) is 10.1 Å². The van der Waals surface area contributed by atoms with Gasteiger partial charge in [0.15, 0.2) is 11.4 Å². The molecule has 0 saturated heterocycles. The zero-order valence-corrected chi connectivity index (χ0v) is 8.66. The molecule has 0 amide bonds. The quantitative estimate of drug-likeness (QED) is 0.481. The molecule has 0 unspecified atom stereocenters. The first kappa shape index (κ1) is 14.1. The van der Waals surface area contributed by atoms with Crippen molar-refractivity contribution in [3.05, 3.63) is 27.6 Å². The van der Waals surface area contributed by atoms with E-state index in [2.05, 4.69) is 9.72 Å². The van der Waals surface area contributed by atoms with E-state index >= 15 is 0 Å². The van der Waals surface area contributed by atoms with E-state index in [0.717, 1.165) is 6.92 Å². The zero-order valence-electron chi connectivity index (χ0n) is 8.66. The number of aromatic nitrogens is 1. The van der Waals surface area contributed by atoms with Gasteiger partial charge in [0.2, 0.25) is 0 Å². The van der Waals surface area contributed by atoms with Crippen LogP contribution in [0.25, 0.3) is 0 Å². The third-order valence-electron chi connectivity index (χ3n) is 1.90. The zero-order chi connectivity index (χ0) is 14.1. The van der Waals surface area contributed by atoms with Crippen LogP contribution in [0.1, 0.15) is 17.7 Å². The van der Waals surface area contributed by atoms with Crippen LogP contribution in [0.2, 0.25) is 0 Å². The Hall–Kier alpha value is -2.00. The summed E-state index contributed by atoms with van der Waals surface area (Å²) in [7, 11) is 0. The first-order valence-corrected chi connectivity index (χ1v) is 4.31. The highest BCUT2D eigenvalue weighted by Gasteiger charge is 2.35. The lowest BCUT2D eigenvalue weighted by molar-refractivity contribution is -0.387. The highest BCUT2D eigenvalue weighted by Crippen LogP contribution is 2.36. The molecule has 0 fully saturated rings. The Kier molecular flexibility index (Phi) is 3.67. The third-order valence-corrected chi connectivity index (χ3v) is 1.90. The Bertz CT molecular complexity index is 475. The number of nitrogens with zero attached hydrogens (tertiary/aromatic N) is 2. The van der Waals surface area contributed by atoms with Gasteiger partial charge in [-0.25, -0.2) is 13.8 Å². The Morgan fingerprint density at radius 3 is 2.39 bits per heavy atom. The highest BCUT2D eigenvalue weighted by molar-refractivity contribution is 5.51. The van der Waals surface area contributed by atoms with Gasteiger partial charge in [-0.05, 0) is 6.92 Å². The van der Waals surface area contributed by atoms with Crippen LogP contribution >= 0.6 is 0 Å². The smallest absolute Gasteiger partial charge is 0.404 e. The molecule has 0 radical (unpaired) electrons. The van der Waals surface area contributed by atoms with E-state index in [1.165, 1.54) is 0 Å². The predicted octanol–water partition coefficient (Wildman–Crippen LogP) is 3.13. The van der Waals surface area contributed by atoms with E-state index in [-0.39, 0.29) is 0 Å². The molecule has 0 aliphatic heterocycles. The van der Waals surface area contributed by atoms with E-state index in [1.54, 1.807) is 0 Å². The van der Waals surface area contributed by atoms with Crippen LogP contribution in [0.15, 0.2) is 6.20 Å². The van der Waals surface area contributed by atoms with Gasteiger partial charge in [-0.2, -0.15) is 0 Å². The first-order valence-electron chi connectivity index (χ1n) is 4.31. The first-order chi connectivity index (χ1) is 8.13. The topological polar surface area (TPSA) is 65.3 Å². The molecule has 5 nitrogen and oxygen atoms in total. The van der Waals surface area contributed by atoms with Crippen molar-refractivity contribution in [2.75, 3.05) is 0 Å². The summed E-state index contributed by atoms with van der Waals surface area (Å²) in [6.45, 7) is 0.868. The molecule has 1 aromatic heterocycles. The van der Waals surface area contributed by atoms with Crippen LogP contribution in [0.5, 0.6) is 5.75 Å². The summed E-state index contributed by atoms with van der Waals surface area (Å²) in [4.78, 5) is 12.3. The lowest BCUT2D eigenvalue weighted by Gasteiger charge is -2.12. The molecular weight excluding hydrogens is 267 g/mol. The molecule has 0 saturated carbocycles. The van der Waals surface area contributed by atoms with E-state index in [9.17, 15) is 32.1 Å². The molecule has 0 aromatic carbocycles. The van der Waals surface area contributed by atoms with Gasteiger partial charge in [0.1, 0.15) is 0 Å². The number of rotatable bonds is 3. The van der Waals surface area contributed by atoms with Gasteiger partial charge in [0.25, 0.3) is 6.43 Å². The summed E-state index contributed by atoms with van der Waals surface area (Å²) < 4.78 is 64.1. The van der Waals surface area contributed by atoms with Crippen LogP contribution in [0.3, 0.4) is 0 Å². The van der Waals surface area contributed by atoms with E-state index in [1.807, 2.05) is 0 Å². The van der Waals surface area contributed by atoms with Gasteiger partial charge in [0, 0.05) is 0 Å². The number of alkyl halides is 5. The van der Waals surface area contributed by atoms with Crippen LogP contribution in [-0.2, 0) is 0 Å². The van der Waals surface area contributed by atoms with Crippen LogP contribution in [0.4, 0.5) is 27.6 Å². The fourth-order valence-corrected chi connectivity index (χ4v) is 1.21. The minimum atomic E-state index is -5.09. The Balaban J connectivity index is 3.35. The fraction of sp³-hybridized carbons (Fsp3) is 0.375. The molecule has 1 aromatic rings. The summed E-state index contributed by atoms with van der Waals surface area (Å²) in [5.74, 6) is -0.987. The van der Waals surface area contributed by atoms with Gasteiger partial charge in [-0.15, -0.1) is 13.2 Å². The third kappa shape index (κ3) is 3.02. The maximum atomic E-state index is 12.4. The lowest BCUT2D eigenvalue weighted by Crippen LogP contribution is -2.18. The minimum Gasteiger partial charge on any atom is -0.404 e. The summed E-state index contributed by atoms with van der Waals surface area (Å²) in [6, 6.07) is 0. The normalized spacial score (nSPS) is 11.7.